The number of hydrogen-bond acceptors (Lipinski definition) is 1. The lowest BCUT2D eigenvalue weighted by atomic mass is 10.2. The Hall–Kier alpha value is -1.32. The Morgan fingerprint density at radius 3 is 2.59 bits per heavy atom. The van der Waals surface area contributed by atoms with Crippen LogP contribution >= 0.6 is 27.5 Å². The van der Waals surface area contributed by atoms with Crippen LogP contribution in [0.15, 0.2) is 53.3 Å². The summed E-state index contributed by atoms with van der Waals surface area (Å²) in [6.45, 7) is 0. The van der Waals surface area contributed by atoms with Crippen molar-refractivity contribution in [3.05, 3.63) is 58.3 Å². The van der Waals surface area contributed by atoms with E-state index in [-0.39, 0.29) is 0 Å². The van der Waals surface area contributed by atoms with E-state index in [4.69, 9.17) is 11.6 Å². The summed E-state index contributed by atoms with van der Waals surface area (Å²) in [6.07, 6.45) is 1.86. The molecule has 0 aliphatic heterocycles. The number of pyridine rings is 1. The van der Waals surface area contributed by atoms with Crippen LogP contribution in [-0.4, -0.2) is 9.38 Å². The summed E-state index contributed by atoms with van der Waals surface area (Å²) in [5.41, 5.74) is 2.10. The molecule has 0 N–H and O–H groups in total. The number of fused-ring (bicyclic) bond motifs is 1. The van der Waals surface area contributed by atoms with Crippen LogP contribution in [0, 0.1) is 0 Å². The lowest BCUT2D eigenvalue weighted by molar-refractivity contribution is 1.13. The summed E-state index contributed by atoms with van der Waals surface area (Å²) in [7, 11) is 0. The van der Waals surface area contributed by atoms with Gasteiger partial charge in [-0.1, -0.05) is 17.7 Å². The Bertz CT molecular complexity index is 673. The third-order valence-corrected chi connectivity index (χ3v) is 3.48. The van der Waals surface area contributed by atoms with Crippen molar-refractivity contribution in [3.63, 3.8) is 0 Å². The average Bonchev–Trinajstić information content (AvgIpc) is 2.75. The van der Waals surface area contributed by atoms with Crippen molar-refractivity contribution in [2.75, 3.05) is 0 Å². The quantitative estimate of drug-likeness (QED) is 0.608. The molecule has 1 aromatic carbocycles. The zero-order chi connectivity index (χ0) is 11.8. The highest BCUT2D eigenvalue weighted by Crippen LogP contribution is 2.25. The number of aromatic nitrogens is 2. The molecule has 2 nitrogen and oxygen atoms in total. The predicted molar refractivity (Wildman–Crippen MR) is 73.3 cm³/mol. The molecule has 0 radical (unpaired) electrons. The van der Waals surface area contributed by atoms with Crippen molar-refractivity contribution in [2.45, 2.75) is 0 Å². The van der Waals surface area contributed by atoms with E-state index >= 15 is 0 Å². The monoisotopic (exact) mass is 306 g/mol. The third kappa shape index (κ3) is 1.85. The molecule has 0 saturated heterocycles. The third-order valence-electron chi connectivity index (χ3n) is 2.61. The van der Waals surface area contributed by atoms with Gasteiger partial charge in [-0.2, -0.15) is 0 Å². The van der Waals surface area contributed by atoms with Crippen LogP contribution in [0.5, 0.6) is 0 Å². The predicted octanol–water partition coefficient (Wildman–Crippen LogP) is 4.42. The fourth-order valence-corrected chi connectivity index (χ4v) is 2.46. The van der Waals surface area contributed by atoms with Crippen molar-refractivity contribution in [3.8, 4) is 11.4 Å². The molecule has 4 heteroatoms. The summed E-state index contributed by atoms with van der Waals surface area (Å²) in [4.78, 5) is 4.45. The number of rotatable bonds is 1. The van der Waals surface area contributed by atoms with Crippen LogP contribution in [0.3, 0.4) is 0 Å². The van der Waals surface area contributed by atoms with Gasteiger partial charge in [0, 0.05) is 10.6 Å². The van der Waals surface area contributed by atoms with Crippen LogP contribution in [-0.2, 0) is 0 Å². The van der Waals surface area contributed by atoms with E-state index in [0.29, 0.717) is 0 Å². The normalized spacial score (nSPS) is 10.9. The van der Waals surface area contributed by atoms with Gasteiger partial charge in [-0.3, -0.25) is 4.40 Å². The first-order valence-corrected chi connectivity index (χ1v) is 6.31. The highest BCUT2D eigenvalue weighted by atomic mass is 79.9. The van der Waals surface area contributed by atoms with E-state index in [9.17, 15) is 0 Å². The molecule has 84 valence electrons. The molecule has 0 bridgehead atoms. The maximum atomic E-state index is 5.89. The maximum Gasteiger partial charge on any atom is 0.145 e. The number of halogens is 2. The molecule has 3 rings (SSSR count). The summed E-state index contributed by atoms with van der Waals surface area (Å²) in [5, 5.41) is 0.730. The maximum absolute atomic E-state index is 5.89. The lowest BCUT2D eigenvalue weighted by Crippen LogP contribution is -1.90. The molecule has 0 amide bonds. The smallest absolute Gasteiger partial charge is 0.145 e. The van der Waals surface area contributed by atoms with Gasteiger partial charge in [-0.15, -0.1) is 0 Å². The van der Waals surface area contributed by atoms with Gasteiger partial charge in [0.2, 0.25) is 0 Å². The molecule has 0 aliphatic carbocycles. The molecular weight excluding hydrogens is 300 g/mol. The Balaban J connectivity index is 2.27. The molecule has 0 saturated carbocycles. The van der Waals surface area contributed by atoms with Gasteiger partial charge in [0.05, 0.1) is 16.3 Å². The van der Waals surface area contributed by atoms with Crippen molar-refractivity contribution < 1.29 is 0 Å². The molecule has 3 aromatic rings. The number of nitrogens with zero attached hydrogens (tertiary/aromatic N) is 2. The van der Waals surface area contributed by atoms with Crippen LogP contribution in [0.1, 0.15) is 0 Å². The van der Waals surface area contributed by atoms with Gasteiger partial charge in [0.1, 0.15) is 5.82 Å². The lowest BCUT2D eigenvalue weighted by Gasteiger charge is -2.03. The van der Waals surface area contributed by atoms with E-state index in [1.807, 2.05) is 48.7 Å². The van der Waals surface area contributed by atoms with Crippen LogP contribution in [0.2, 0.25) is 5.02 Å². The molecule has 0 spiro atoms. The Kier molecular flexibility index (Phi) is 2.65. The summed E-state index contributed by atoms with van der Waals surface area (Å²) in [6, 6.07) is 13.7. The fraction of sp³-hybridized carbons (Fsp3) is 0. The van der Waals surface area contributed by atoms with Crippen molar-refractivity contribution in [2.24, 2.45) is 0 Å². The van der Waals surface area contributed by atoms with E-state index in [2.05, 4.69) is 25.3 Å². The van der Waals surface area contributed by atoms with Crippen molar-refractivity contribution in [1.82, 2.24) is 9.38 Å². The molecule has 2 heterocycles. The van der Waals surface area contributed by atoms with E-state index in [0.717, 1.165) is 26.5 Å². The van der Waals surface area contributed by atoms with Crippen LogP contribution in [0.4, 0.5) is 0 Å². The van der Waals surface area contributed by atoms with Crippen molar-refractivity contribution >= 4 is 33.0 Å². The number of imidazole rings is 1. The minimum Gasteiger partial charge on any atom is -0.287 e. The van der Waals surface area contributed by atoms with E-state index < -0.39 is 0 Å². The van der Waals surface area contributed by atoms with E-state index in [1.165, 1.54) is 0 Å². The molecular formula is C13H8BrClN2. The Labute approximate surface area is 112 Å². The molecule has 0 fully saturated rings. The fourth-order valence-electron chi connectivity index (χ4n) is 1.81. The van der Waals surface area contributed by atoms with Gasteiger partial charge >= 0.3 is 0 Å². The van der Waals surface area contributed by atoms with Gasteiger partial charge in [-0.05, 0) is 52.3 Å². The van der Waals surface area contributed by atoms with Gasteiger partial charge in [0.25, 0.3) is 0 Å². The zero-order valence-corrected chi connectivity index (χ0v) is 11.1. The Morgan fingerprint density at radius 2 is 1.82 bits per heavy atom. The first kappa shape index (κ1) is 10.8. The Morgan fingerprint density at radius 1 is 1.06 bits per heavy atom. The second-order valence-corrected chi connectivity index (χ2v) is 4.95. The minimum absolute atomic E-state index is 0.730. The molecule has 2 aromatic heterocycles. The van der Waals surface area contributed by atoms with Gasteiger partial charge < -0.3 is 0 Å². The summed E-state index contributed by atoms with van der Waals surface area (Å²) in [5.74, 6) is 0.907. The highest BCUT2D eigenvalue weighted by Gasteiger charge is 2.08. The zero-order valence-electron chi connectivity index (χ0n) is 8.77. The minimum atomic E-state index is 0.730. The second-order valence-electron chi connectivity index (χ2n) is 3.70. The topological polar surface area (TPSA) is 17.3 Å². The summed E-state index contributed by atoms with van der Waals surface area (Å²) < 4.78 is 3.04. The van der Waals surface area contributed by atoms with Gasteiger partial charge in [-0.25, -0.2) is 4.98 Å². The van der Waals surface area contributed by atoms with Crippen molar-refractivity contribution in [1.29, 1.82) is 0 Å². The molecule has 0 atom stereocenters. The molecule has 0 aliphatic rings. The standard InChI is InChI=1S/C13H8BrClN2/c14-12-3-1-2-11-8-16-13(17(11)12)9-4-6-10(15)7-5-9/h1-8H. The van der Waals surface area contributed by atoms with Crippen LogP contribution in [0.25, 0.3) is 16.9 Å². The first-order chi connectivity index (χ1) is 8.25. The SMILES string of the molecule is Clc1ccc(-c2ncc3cccc(Br)n23)cc1. The largest absolute Gasteiger partial charge is 0.287 e. The highest BCUT2D eigenvalue weighted by molar-refractivity contribution is 9.10. The molecule has 17 heavy (non-hydrogen) atoms. The summed E-state index contributed by atoms with van der Waals surface area (Å²) >= 11 is 9.42. The number of hydrogen-bond donors (Lipinski definition) is 0. The molecule has 0 unspecified atom stereocenters. The first-order valence-electron chi connectivity index (χ1n) is 5.13. The average molecular weight is 308 g/mol. The second kappa shape index (κ2) is 4.17. The van der Waals surface area contributed by atoms with Gasteiger partial charge in [0.15, 0.2) is 0 Å². The van der Waals surface area contributed by atoms with Crippen LogP contribution < -0.4 is 0 Å². The number of benzene rings is 1. The van der Waals surface area contributed by atoms with E-state index in [1.54, 1.807) is 0 Å².